The largest absolute Gasteiger partial charge is 0.504 e. The zero-order valence-electron chi connectivity index (χ0n) is 13.1. The lowest BCUT2D eigenvalue weighted by molar-refractivity contribution is -0.130. The van der Waals surface area contributed by atoms with Crippen LogP contribution in [0, 0.1) is 13.8 Å². The Morgan fingerprint density at radius 3 is 2.48 bits per heavy atom. The molecule has 0 radical (unpaired) electrons. The molecule has 0 bridgehead atoms. The Balaban J connectivity index is 2.65. The lowest BCUT2D eigenvalue weighted by Crippen LogP contribution is -2.02. The third-order valence-electron chi connectivity index (χ3n) is 3.49. The summed E-state index contributed by atoms with van der Waals surface area (Å²) in [5.74, 6) is -1.05. The van der Waals surface area contributed by atoms with Crippen molar-refractivity contribution in [3.8, 4) is 11.5 Å². The SMILES string of the molecule is COc1cc(Cl)cc(/C=C(\C(=O)O)c2ccc(C)cc2C)c1O. The molecular weight excluding hydrogens is 316 g/mol. The van der Waals surface area contributed by atoms with Gasteiger partial charge in [-0.1, -0.05) is 35.4 Å². The van der Waals surface area contributed by atoms with Crippen LogP contribution in [0.25, 0.3) is 11.6 Å². The van der Waals surface area contributed by atoms with E-state index < -0.39 is 5.97 Å². The third kappa shape index (κ3) is 3.66. The summed E-state index contributed by atoms with van der Waals surface area (Å²) < 4.78 is 5.04. The maximum atomic E-state index is 11.7. The Kier molecular flexibility index (Phi) is 4.96. The average molecular weight is 333 g/mol. The number of ether oxygens (including phenoxy) is 1. The van der Waals surface area contributed by atoms with E-state index in [2.05, 4.69) is 0 Å². The first-order chi connectivity index (χ1) is 10.8. The summed E-state index contributed by atoms with van der Waals surface area (Å²) in [5, 5.41) is 20.1. The molecule has 4 nitrogen and oxygen atoms in total. The van der Waals surface area contributed by atoms with Gasteiger partial charge in [-0.2, -0.15) is 0 Å². The second-order valence-electron chi connectivity index (χ2n) is 5.23. The highest BCUT2D eigenvalue weighted by Gasteiger charge is 2.16. The van der Waals surface area contributed by atoms with Gasteiger partial charge in [0.15, 0.2) is 11.5 Å². The minimum absolute atomic E-state index is 0.0714. The van der Waals surface area contributed by atoms with Crippen molar-refractivity contribution in [1.29, 1.82) is 0 Å². The highest BCUT2D eigenvalue weighted by Crippen LogP contribution is 2.36. The van der Waals surface area contributed by atoms with Crippen molar-refractivity contribution in [2.45, 2.75) is 13.8 Å². The molecule has 0 heterocycles. The van der Waals surface area contributed by atoms with Gasteiger partial charge in [0.25, 0.3) is 0 Å². The predicted molar refractivity (Wildman–Crippen MR) is 91.1 cm³/mol. The predicted octanol–water partition coefficient (Wildman–Crippen LogP) is 4.30. The molecule has 0 aliphatic rings. The first-order valence-corrected chi connectivity index (χ1v) is 7.30. The van der Waals surface area contributed by atoms with E-state index in [0.29, 0.717) is 10.6 Å². The number of methoxy groups -OCH3 is 1. The van der Waals surface area contributed by atoms with Crippen molar-refractivity contribution < 1.29 is 19.7 Å². The second kappa shape index (κ2) is 6.75. The summed E-state index contributed by atoms with van der Waals surface area (Å²) in [5.41, 5.74) is 2.82. The number of aromatic hydroxyl groups is 1. The van der Waals surface area contributed by atoms with Crippen LogP contribution in [0.15, 0.2) is 30.3 Å². The summed E-state index contributed by atoms with van der Waals surface area (Å²) in [6.45, 7) is 3.78. The van der Waals surface area contributed by atoms with Gasteiger partial charge in [0.2, 0.25) is 0 Å². The molecule has 0 atom stereocenters. The molecule has 0 saturated carbocycles. The van der Waals surface area contributed by atoms with Crippen LogP contribution in [0.3, 0.4) is 0 Å². The summed E-state index contributed by atoms with van der Waals surface area (Å²) in [4.78, 5) is 11.7. The van der Waals surface area contributed by atoms with E-state index in [1.54, 1.807) is 6.07 Å². The fourth-order valence-electron chi connectivity index (χ4n) is 2.39. The molecule has 0 fully saturated rings. The fraction of sp³-hybridized carbons (Fsp3) is 0.167. The van der Waals surface area contributed by atoms with Gasteiger partial charge < -0.3 is 14.9 Å². The maximum absolute atomic E-state index is 11.7. The second-order valence-corrected chi connectivity index (χ2v) is 5.66. The molecule has 0 saturated heterocycles. The Morgan fingerprint density at radius 2 is 1.91 bits per heavy atom. The van der Waals surface area contributed by atoms with Crippen LogP contribution < -0.4 is 4.74 Å². The molecule has 2 rings (SSSR count). The van der Waals surface area contributed by atoms with Gasteiger partial charge >= 0.3 is 5.97 Å². The summed E-state index contributed by atoms with van der Waals surface area (Å²) in [7, 11) is 1.40. The van der Waals surface area contributed by atoms with Crippen LogP contribution in [-0.4, -0.2) is 23.3 Å². The molecule has 5 heteroatoms. The molecule has 2 aromatic rings. The third-order valence-corrected chi connectivity index (χ3v) is 3.71. The Hall–Kier alpha value is -2.46. The fourth-order valence-corrected chi connectivity index (χ4v) is 2.60. The number of carbonyl (C=O) groups is 1. The zero-order chi connectivity index (χ0) is 17.1. The number of hydrogen-bond acceptors (Lipinski definition) is 3. The van der Waals surface area contributed by atoms with E-state index in [1.807, 2.05) is 26.0 Å². The van der Waals surface area contributed by atoms with Crippen LogP contribution in [-0.2, 0) is 4.79 Å². The van der Waals surface area contributed by atoms with Gasteiger partial charge in [-0.05, 0) is 37.1 Å². The van der Waals surface area contributed by atoms with Gasteiger partial charge in [0.1, 0.15) is 0 Å². The number of carboxylic acid groups (broad SMARTS) is 1. The van der Waals surface area contributed by atoms with Gasteiger partial charge in [-0.3, -0.25) is 0 Å². The summed E-state index contributed by atoms with van der Waals surface area (Å²) in [6, 6.07) is 8.46. The molecule has 0 unspecified atom stereocenters. The number of phenols is 1. The standard InChI is InChI=1S/C18H17ClO4/c1-10-4-5-14(11(2)6-10)15(18(21)22)8-12-7-13(19)9-16(23-3)17(12)20/h4-9,20H,1-3H3,(H,21,22)/b15-8-. The van der Waals surface area contributed by atoms with Gasteiger partial charge in [0, 0.05) is 16.7 Å². The van der Waals surface area contributed by atoms with Crippen LogP contribution in [0.2, 0.25) is 5.02 Å². The van der Waals surface area contributed by atoms with E-state index in [0.717, 1.165) is 11.1 Å². The number of halogens is 1. The molecule has 0 aliphatic carbocycles. The lowest BCUT2D eigenvalue weighted by atomic mass is 9.96. The Bertz CT molecular complexity index is 794. The first-order valence-electron chi connectivity index (χ1n) is 6.92. The molecule has 0 aromatic heterocycles. The van der Waals surface area contributed by atoms with Crippen molar-refractivity contribution in [3.63, 3.8) is 0 Å². The van der Waals surface area contributed by atoms with Crippen LogP contribution >= 0.6 is 11.6 Å². The molecule has 0 amide bonds. The van der Waals surface area contributed by atoms with Gasteiger partial charge in [-0.15, -0.1) is 0 Å². The molecule has 2 N–H and O–H groups in total. The highest BCUT2D eigenvalue weighted by molar-refractivity contribution is 6.31. The van der Waals surface area contributed by atoms with E-state index in [4.69, 9.17) is 16.3 Å². The molecule has 0 aliphatic heterocycles. The smallest absolute Gasteiger partial charge is 0.336 e. The van der Waals surface area contributed by atoms with Crippen LogP contribution in [0.5, 0.6) is 11.5 Å². The normalized spacial score (nSPS) is 11.4. The van der Waals surface area contributed by atoms with Gasteiger partial charge in [-0.25, -0.2) is 4.79 Å². The van der Waals surface area contributed by atoms with E-state index in [9.17, 15) is 15.0 Å². The summed E-state index contributed by atoms with van der Waals surface area (Å²) >= 11 is 5.99. The van der Waals surface area contributed by atoms with Crippen molar-refractivity contribution in [3.05, 3.63) is 57.6 Å². The Morgan fingerprint density at radius 1 is 1.22 bits per heavy atom. The number of hydrogen-bond donors (Lipinski definition) is 2. The average Bonchev–Trinajstić information content (AvgIpc) is 2.48. The van der Waals surface area contributed by atoms with E-state index in [-0.39, 0.29) is 22.6 Å². The quantitative estimate of drug-likeness (QED) is 0.647. The molecular formula is C18H17ClO4. The van der Waals surface area contributed by atoms with E-state index in [1.165, 1.54) is 25.3 Å². The van der Waals surface area contributed by atoms with Crippen LogP contribution in [0.1, 0.15) is 22.3 Å². The highest BCUT2D eigenvalue weighted by atomic mass is 35.5. The maximum Gasteiger partial charge on any atom is 0.336 e. The number of benzene rings is 2. The van der Waals surface area contributed by atoms with Crippen LogP contribution in [0.4, 0.5) is 0 Å². The van der Waals surface area contributed by atoms with Gasteiger partial charge in [0.05, 0.1) is 12.7 Å². The minimum Gasteiger partial charge on any atom is -0.504 e. The molecule has 120 valence electrons. The van der Waals surface area contributed by atoms with Crippen molar-refractivity contribution in [2.75, 3.05) is 7.11 Å². The molecule has 0 spiro atoms. The number of aliphatic carboxylic acids is 1. The number of rotatable bonds is 4. The topological polar surface area (TPSA) is 66.8 Å². The minimum atomic E-state index is -1.09. The first kappa shape index (κ1) is 16.9. The molecule has 23 heavy (non-hydrogen) atoms. The van der Waals surface area contributed by atoms with Crippen molar-refractivity contribution in [2.24, 2.45) is 0 Å². The monoisotopic (exact) mass is 332 g/mol. The number of aryl methyl sites for hydroxylation is 2. The zero-order valence-corrected chi connectivity index (χ0v) is 13.8. The lowest BCUT2D eigenvalue weighted by Gasteiger charge is -2.11. The van der Waals surface area contributed by atoms with Crippen molar-refractivity contribution in [1.82, 2.24) is 0 Å². The molecule has 2 aromatic carbocycles. The van der Waals surface area contributed by atoms with E-state index >= 15 is 0 Å². The number of carboxylic acids is 1. The number of phenolic OH excluding ortho intramolecular Hbond substituents is 1. The Labute approximate surface area is 139 Å². The summed E-state index contributed by atoms with van der Waals surface area (Å²) in [6.07, 6.45) is 1.39. The van der Waals surface area contributed by atoms with Crippen molar-refractivity contribution >= 4 is 29.2 Å².